The maximum atomic E-state index is 5.93. The van der Waals surface area contributed by atoms with Crippen molar-refractivity contribution in [1.29, 1.82) is 0 Å². The molecule has 108 valence electrons. The second kappa shape index (κ2) is 7.36. The van der Waals surface area contributed by atoms with E-state index in [1.54, 1.807) is 0 Å². The van der Waals surface area contributed by atoms with Crippen LogP contribution in [0.2, 0.25) is 0 Å². The van der Waals surface area contributed by atoms with Gasteiger partial charge in [0.1, 0.15) is 5.75 Å². The molecule has 0 spiro atoms. The van der Waals surface area contributed by atoms with Gasteiger partial charge in [-0.3, -0.25) is 0 Å². The van der Waals surface area contributed by atoms with Crippen molar-refractivity contribution in [2.75, 3.05) is 6.54 Å². The minimum absolute atomic E-state index is 0.0879. The number of benzene rings is 1. The molecule has 2 rings (SSSR count). The fourth-order valence-corrected chi connectivity index (χ4v) is 2.63. The van der Waals surface area contributed by atoms with E-state index in [1.807, 2.05) is 38.2 Å². The van der Waals surface area contributed by atoms with Crippen LogP contribution in [-0.2, 0) is 0 Å². The number of aromatic nitrogens is 2. The smallest absolute Gasteiger partial charge is 0.124 e. The SMILES string of the molecule is CCCNC(c1cnns1)c1ccccc1OC(C)C. The van der Waals surface area contributed by atoms with Crippen molar-refractivity contribution in [2.45, 2.75) is 39.3 Å². The van der Waals surface area contributed by atoms with Crippen LogP contribution in [0.15, 0.2) is 30.5 Å². The van der Waals surface area contributed by atoms with Crippen molar-refractivity contribution in [2.24, 2.45) is 0 Å². The lowest BCUT2D eigenvalue weighted by molar-refractivity contribution is 0.238. The van der Waals surface area contributed by atoms with E-state index in [4.69, 9.17) is 4.74 Å². The van der Waals surface area contributed by atoms with E-state index in [1.165, 1.54) is 11.5 Å². The van der Waals surface area contributed by atoms with Crippen molar-refractivity contribution in [3.05, 3.63) is 40.9 Å². The third-order valence-corrected chi connectivity index (χ3v) is 3.58. The Balaban J connectivity index is 2.33. The molecule has 20 heavy (non-hydrogen) atoms. The molecule has 1 atom stereocenters. The number of hydrogen-bond acceptors (Lipinski definition) is 5. The second-order valence-electron chi connectivity index (χ2n) is 4.91. The fourth-order valence-electron chi connectivity index (χ4n) is 2.03. The van der Waals surface area contributed by atoms with E-state index in [0.29, 0.717) is 0 Å². The van der Waals surface area contributed by atoms with Crippen LogP contribution in [-0.4, -0.2) is 22.2 Å². The summed E-state index contributed by atoms with van der Waals surface area (Å²) >= 11 is 1.42. The Bertz CT molecular complexity index is 514. The summed E-state index contributed by atoms with van der Waals surface area (Å²) < 4.78 is 9.91. The summed E-state index contributed by atoms with van der Waals surface area (Å²) in [5.41, 5.74) is 1.14. The predicted molar refractivity (Wildman–Crippen MR) is 82.3 cm³/mol. The van der Waals surface area contributed by atoms with Crippen molar-refractivity contribution in [3.8, 4) is 5.75 Å². The van der Waals surface area contributed by atoms with Gasteiger partial charge >= 0.3 is 0 Å². The van der Waals surface area contributed by atoms with Crippen molar-refractivity contribution < 1.29 is 4.74 Å². The van der Waals surface area contributed by atoms with Gasteiger partial charge in [-0.25, -0.2) is 0 Å². The zero-order valence-corrected chi connectivity index (χ0v) is 13.0. The van der Waals surface area contributed by atoms with Gasteiger partial charge in [0.2, 0.25) is 0 Å². The van der Waals surface area contributed by atoms with Crippen LogP contribution in [0.3, 0.4) is 0 Å². The van der Waals surface area contributed by atoms with E-state index in [2.05, 4.69) is 27.9 Å². The molecular formula is C15H21N3OS. The molecule has 0 bridgehead atoms. The van der Waals surface area contributed by atoms with Gasteiger partial charge in [-0.05, 0) is 44.4 Å². The number of ether oxygens (including phenoxy) is 1. The highest BCUT2D eigenvalue weighted by Gasteiger charge is 2.20. The molecular weight excluding hydrogens is 270 g/mol. The molecule has 0 fully saturated rings. The summed E-state index contributed by atoms with van der Waals surface area (Å²) in [5.74, 6) is 0.921. The monoisotopic (exact) mass is 291 g/mol. The summed E-state index contributed by atoms with van der Waals surface area (Å²) in [6.45, 7) is 7.18. The molecule has 1 N–H and O–H groups in total. The lowest BCUT2D eigenvalue weighted by Gasteiger charge is -2.21. The molecule has 0 aliphatic rings. The van der Waals surface area contributed by atoms with Gasteiger partial charge in [0.15, 0.2) is 0 Å². The molecule has 1 aromatic heterocycles. The van der Waals surface area contributed by atoms with E-state index < -0.39 is 0 Å². The number of nitrogens with one attached hydrogen (secondary N) is 1. The summed E-state index contributed by atoms with van der Waals surface area (Å²) in [6, 6.07) is 8.25. The van der Waals surface area contributed by atoms with Crippen LogP contribution in [0.5, 0.6) is 5.75 Å². The van der Waals surface area contributed by atoms with Crippen molar-refractivity contribution in [1.82, 2.24) is 14.9 Å². The molecule has 1 unspecified atom stereocenters. The average molecular weight is 291 g/mol. The molecule has 1 heterocycles. The molecule has 5 heteroatoms. The Morgan fingerprint density at radius 1 is 1.30 bits per heavy atom. The maximum Gasteiger partial charge on any atom is 0.124 e. The molecule has 4 nitrogen and oxygen atoms in total. The van der Waals surface area contributed by atoms with Crippen LogP contribution in [0.4, 0.5) is 0 Å². The number of para-hydroxylation sites is 1. The molecule has 0 amide bonds. The topological polar surface area (TPSA) is 47.0 Å². The Morgan fingerprint density at radius 2 is 2.10 bits per heavy atom. The number of rotatable bonds is 7. The highest BCUT2D eigenvalue weighted by atomic mass is 32.1. The Morgan fingerprint density at radius 3 is 2.75 bits per heavy atom. The van der Waals surface area contributed by atoms with Gasteiger partial charge in [-0.1, -0.05) is 29.6 Å². The van der Waals surface area contributed by atoms with Crippen LogP contribution >= 0.6 is 11.5 Å². The molecule has 2 aromatic rings. The second-order valence-corrected chi connectivity index (χ2v) is 5.73. The maximum absolute atomic E-state index is 5.93. The summed E-state index contributed by atoms with van der Waals surface area (Å²) in [7, 11) is 0. The van der Waals surface area contributed by atoms with Crippen molar-refractivity contribution >= 4 is 11.5 Å². The lowest BCUT2D eigenvalue weighted by atomic mass is 10.0. The quantitative estimate of drug-likeness (QED) is 0.849. The summed E-state index contributed by atoms with van der Waals surface area (Å²) in [6.07, 6.45) is 3.06. The summed E-state index contributed by atoms with van der Waals surface area (Å²) in [5, 5.41) is 7.51. The first-order chi connectivity index (χ1) is 9.72. The van der Waals surface area contributed by atoms with Crippen LogP contribution in [0.25, 0.3) is 0 Å². The molecule has 0 aliphatic heterocycles. The molecule has 0 saturated heterocycles. The van der Waals surface area contributed by atoms with Crippen molar-refractivity contribution in [3.63, 3.8) is 0 Å². The molecule has 0 saturated carbocycles. The van der Waals surface area contributed by atoms with E-state index in [-0.39, 0.29) is 12.1 Å². The van der Waals surface area contributed by atoms with Crippen LogP contribution in [0, 0.1) is 0 Å². The van der Waals surface area contributed by atoms with Gasteiger partial charge in [-0.15, -0.1) is 5.10 Å². The Hall–Kier alpha value is -1.46. The highest BCUT2D eigenvalue weighted by Crippen LogP contribution is 2.31. The van der Waals surface area contributed by atoms with Gasteiger partial charge in [0.05, 0.1) is 23.2 Å². The number of nitrogens with zero attached hydrogens (tertiary/aromatic N) is 2. The van der Waals surface area contributed by atoms with Crippen LogP contribution < -0.4 is 10.1 Å². The Labute approximate surface area is 124 Å². The zero-order valence-electron chi connectivity index (χ0n) is 12.2. The lowest BCUT2D eigenvalue weighted by Crippen LogP contribution is -2.23. The first-order valence-corrected chi connectivity index (χ1v) is 7.76. The molecule has 0 radical (unpaired) electrons. The fraction of sp³-hybridized carbons (Fsp3) is 0.467. The zero-order chi connectivity index (χ0) is 14.4. The third-order valence-electron chi connectivity index (χ3n) is 2.85. The van der Waals surface area contributed by atoms with Crippen LogP contribution in [0.1, 0.15) is 43.7 Å². The van der Waals surface area contributed by atoms with Gasteiger partial charge in [-0.2, -0.15) is 0 Å². The van der Waals surface area contributed by atoms with Gasteiger partial charge in [0.25, 0.3) is 0 Å². The molecule has 1 aromatic carbocycles. The van der Waals surface area contributed by atoms with E-state index in [9.17, 15) is 0 Å². The third kappa shape index (κ3) is 3.77. The summed E-state index contributed by atoms with van der Waals surface area (Å²) in [4.78, 5) is 1.11. The first kappa shape index (κ1) is 14.9. The largest absolute Gasteiger partial charge is 0.491 e. The first-order valence-electron chi connectivity index (χ1n) is 6.98. The van der Waals surface area contributed by atoms with E-state index >= 15 is 0 Å². The average Bonchev–Trinajstić information content (AvgIpc) is 2.94. The highest BCUT2D eigenvalue weighted by molar-refractivity contribution is 7.05. The standard InChI is InChI=1S/C15H21N3OS/c1-4-9-16-15(14-10-17-18-20-14)12-7-5-6-8-13(12)19-11(2)3/h5-8,10-11,15-16H,4,9H2,1-3H3. The van der Waals surface area contributed by atoms with E-state index in [0.717, 1.165) is 29.2 Å². The molecule has 0 aliphatic carbocycles. The predicted octanol–water partition coefficient (Wildman–Crippen LogP) is 3.41. The van der Waals surface area contributed by atoms with Gasteiger partial charge in [0, 0.05) is 5.56 Å². The minimum Gasteiger partial charge on any atom is -0.491 e. The minimum atomic E-state index is 0.0879. The van der Waals surface area contributed by atoms with Gasteiger partial charge < -0.3 is 10.1 Å². The Kier molecular flexibility index (Phi) is 5.49. The normalized spacial score (nSPS) is 12.6. The number of hydrogen-bond donors (Lipinski definition) is 1.